The average molecular weight is 244 g/mol. The number of anilines is 1. The highest BCUT2D eigenvalue weighted by Crippen LogP contribution is 2.35. The minimum atomic E-state index is 0.0554. The highest BCUT2D eigenvalue weighted by molar-refractivity contribution is 5.52. The molecule has 1 N–H and O–H groups in total. The van der Waals surface area contributed by atoms with Crippen LogP contribution in [-0.2, 0) is 0 Å². The Bertz CT molecular complexity index is 445. The number of hydrogen-bond donors (Lipinski definition) is 1. The van der Waals surface area contributed by atoms with Crippen molar-refractivity contribution in [2.75, 3.05) is 18.1 Å². The fourth-order valence-corrected chi connectivity index (χ4v) is 2.88. The molecule has 3 nitrogen and oxygen atoms in total. The quantitative estimate of drug-likeness (QED) is 0.869. The minimum Gasteiger partial charge on any atom is -0.396 e. The molecule has 3 heteroatoms. The monoisotopic (exact) mass is 244 g/mol. The summed E-state index contributed by atoms with van der Waals surface area (Å²) in [5, 5.41) is 18.1. The van der Waals surface area contributed by atoms with Crippen molar-refractivity contribution in [2.45, 2.75) is 32.2 Å². The molecule has 1 heterocycles. The van der Waals surface area contributed by atoms with Gasteiger partial charge in [-0.2, -0.15) is 5.26 Å². The lowest BCUT2D eigenvalue weighted by Crippen LogP contribution is -2.50. The van der Waals surface area contributed by atoms with Crippen LogP contribution in [0.25, 0.3) is 0 Å². The lowest BCUT2D eigenvalue weighted by atomic mass is 9.82. The maximum Gasteiger partial charge on any atom is 0.0991 e. The van der Waals surface area contributed by atoms with Crippen molar-refractivity contribution < 1.29 is 5.11 Å². The zero-order chi connectivity index (χ0) is 13.2. The van der Waals surface area contributed by atoms with Gasteiger partial charge in [0.15, 0.2) is 0 Å². The molecule has 0 spiro atoms. The normalized spacial score (nSPS) is 22.6. The van der Waals surface area contributed by atoms with Gasteiger partial charge in [0.2, 0.25) is 0 Å². The van der Waals surface area contributed by atoms with Crippen LogP contribution in [0.4, 0.5) is 5.69 Å². The Balaban J connectivity index is 2.20. The molecule has 0 radical (unpaired) electrons. The largest absolute Gasteiger partial charge is 0.396 e. The van der Waals surface area contributed by atoms with Crippen molar-refractivity contribution in [3.8, 4) is 6.07 Å². The number of benzene rings is 1. The second-order valence-corrected chi connectivity index (χ2v) is 5.66. The summed E-state index contributed by atoms with van der Waals surface area (Å²) >= 11 is 0. The Morgan fingerprint density at radius 3 is 2.56 bits per heavy atom. The lowest BCUT2D eigenvalue weighted by molar-refractivity contribution is 0.166. The summed E-state index contributed by atoms with van der Waals surface area (Å²) < 4.78 is 0. The second-order valence-electron chi connectivity index (χ2n) is 5.66. The molecule has 1 unspecified atom stereocenters. The fourth-order valence-electron chi connectivity index (χ4n) is 2.88. The Morgan fingerprint density at radius 2 is 2.06 bits per heavy atom. The molecular formula is C15H20N2O. The average Bonchev–Trinajstić information content (AvgIpc) is 2.38. The molecule has 1 aromatic rings. The lowest BCUT2D eigenvalue weighted by Gasteiger charge is -2.47. The standard InChI is InChI=1S/C15H20N2O/c1-15(2)9-13(11-18)7-8-17(15)14-5-3-12(10-16)4-6-14/h3-6,13,18H,7-9,11H2,1-2H3. The van der Waals surface area contributed by atoms with Crippen molar-refractivity contribution in [2.24, 2.45) is 5.92 Å². The van der Waals surface area contributed by atoms with Crippen LogP contribution in [0, 0.1) is 17.2 Å². The van der Waals surface area contributed by atoms with E-state index in [1.54, 1.807) is 0 Å². The van der Waals surface area contributed by atoms with Crippen molar-refractivity contribution in [3.63, 3.8) is 0 Å². The summed E-state index contributed by atoms with van der Waals surface area (Å²) in [6.45, 7) is 5.68. The molecule has 1 saturated heterocycles. The van der Waals surface area contributed by atoms with Gasteiger partial charge in [-0.1, -0.05) is 0 Å². The molecule has 18 heavy (non-hydrogen) atoms. The van der Waals surface area contributed by atoms with Gasteiger partial charge in [0.05, 0.1) is 11.6 Å². The zero-order valence-electron chi connectivity index (χ0n) is 11.1. The van der Waals surface area contributed by atoms with Gasteiger partial charge in [0.1, 0.15) is 0 Å². The van der Waals surface area contributed by atoms with Gasteiger partial charge < -0.3 is 10.0 Å². The van der Waals surface area contributed by atoms with Gasteiger partial charge in [-0.25, -0.2) is 0 Å². The van der Waals surface area contributed by atoms with E-state index in [1.165, 1.54) is 0 Å². The van der Waals surface area contributed by atoms with E-state index in [0.29, 0.717) is 11.5 Å². The van der Waals surface area contributed by atoms with E-state index in [-0.39, 0.29) is 12.1 Å². The number of hydrogen-bond acceptors (Lipinski definition) is 3. The van der Waals surface area contributed by atoms with E-state index in [1.807, 2.05) is 24.3 Å². The van der Waals surface area contributed by atoms with Crippen LogP contribution in [0.1, 0.15) is 32.3 Å². The number of nitrogens with zero attached hydrogens (tertiary/aromatic N) is 2. The van der Waals surface area contributed by atoms with E-state index in [4.69, 9.17) is 5.26 Å². The first-order valence-electron chi connectivity index (χ1n) is 6.45. The Morgan fingerprint density at radius 1 is 1.39 bits per heavy atom. The summed E-state index contributed by atoms with van der Waals surface area (Å²) in [4.78, 5) is 2.38. The molecule has 0 bridgehead atoms. The van der Waals surface area contributed by atoms with Crippen LogP contribution in [0.15, 0.2) is 24.3 Å². The highest BCUT2D eigenvalue weighted by Gasteiger charge is 2.34. The number of nitriles is 1. The van der Waals surface area contributed by atoms with Gasteiger partial charge in [0.25, 0.3) is 0 Å². The topological polar surface area (TPSA) is 47.3 Å². The second kappa shape index (κ2) is 4.99. The van der Waals surface area contributed by atoms with Crippen LogP contribution >= 0.6 is 0 Å². The van der Waals surface area contributed by atoms with Crippen LogP contribution in [-0.4, -0.2) is 23.8 Å². The highest BCUT2D eigenvalue weighted by atomic mass is 16.3. The smallest absolute Gasteiger partial charge is 0.0991 e. The molecule has 1 atom stereocenters. The third-order valence-corrected chi connectivity index (χ3v) is 3.85. The molecule has 2 rings (SSSR count). The maximum atomic E-state index is 9.29. The summed E-state index contributed by atoms with van der Waals surface area (Å²) in [5.74, 6) is 0.412. The predicted octanol–water partition coefficient (Wildman–Crippen LogP) is 2.55. The van der Waals surface area contributed by atoms with Gasteiger partial charge in [-0.3, -0.25) is 0 Å². The predicted molar refractivity (Wildman–Crippen MR) is 72.4 cm³/mol. The molecule has 0 saturated carbocycles. The third-order valence-electron chi connectivity index (χ3n) is 3.85. The molecule has 1 aliphatic heterocycles. The first-order valence-corrected chi connectivity index (χ1v) is 6.45. The number of aliphatic hydroxyl groups excluding tert-OH is 1. The van der Waals surface area contributed by atoms with Crippen LogP contribution in [0.2, 0.25) is 0 Å². The van der Waals surface area contributed by atoms with Crippen LogP contribution < -0.4 is 4.90 Å². The van der Waals surface area contributed by atoms with Gasteiger partial charge in [0, 0.05) is 24.4 Å². The molecule has 1 aliphatic rings. The minimum absolute atomic E-state index is 0.0554. The van der Waals surface area contributed by atoms with Crippen molar-refractivity contribution in [3.05, 3.63) is 29.8 Å². The molecule has 0 aromatic heterocycles. The van der Waals surface area contributed by atoms with Gasteiger partial charge >= 0.3 is 0 Å². The van der Waals surface area contributed by atoms with Gasteiger partial charge in [-0.15, -0.1) is 0 Å². The summed E-state index contributed by atoms with van der Waals surface area (Å²) in [5.41, 5.74) is 1.91. The number of piperidine rings is 1. The van der Waals surface area contributed by atoms with Crippen LogP contribution in [0.5, 0.6) is 0 Å². The van der Waals surface area contributed by atoms with Crippen LogP contribution in [0.3, 0.4) is 0 Å². The molecule has 0 aliphatic carbocycles. The summed E-state index contributed by atoms with van der Waals surface area (Å²) in [6, 6.07) is 9.90. The Kier molecular flexibility index (Phi) is 3.58. The SMILES string of the molecule is CC1(C)CC(CO)CCN1c1ccc(C#N)cc1. The first-order chi connectivity index (χ1) is 8.56. The van der Waals surface area contributed by atoms with E-state index in [0.717, 1.165) is 25.1 Å². The van der Waals surface area contributed by atoms with Gasteiger partial charge in [-0.05, 0) is 56.9 Å². The van der Waals surface area contributed by atoms with E-state index in [2.05, 4.69) is 24.8 Å². The first kappa shape index (κ1) is 12.9. The molecule has 0 amide bonds. The Labute approximate surface area is 109 Å². The summed E-state index contributed by atoms with van der Waals surface area (Å²) in [6.07, 6.45) is 2.03. The van der Waals surface area contributed by atoms with E-state index in [9.17, 15) is 5.11 Å². The molecule has 96 valence electrons. The number of aliphatic hydroxyl groups is 1. The van der Waals surface area contributed by atoms with Crippen molar-refractivity contribution >= 4 is 5.69 Å². The summed E-state index contributed by atoms with van der Waals surface area (Å²) in [7, 11) is 0. The molecular weight excluding hydrogens is 224 g/mol. The van der Waals surface area contributed by atoms with E-state index >= 15 is 0 Å². The maximum absolute atomic E-state index is 9.29. The molecule has 1 fully saturated rings. The third kappa shape index (κ3) is 2.49. The van der Waals surface area contributed by atoms with Crippen molar-refractivity contribution in [1.29, 1.82) is 5.26 Å². The molecule has 1 aromatic carbocycles. The zero-order valence-corrected chi connectivity index (χ0v) is 11.1. The van der Waals surface area contributed by atoms with E-state index < -0.39 is 0 Å². The number of rotatable bonds is 2. The Hall–Kier alpha value is -1.53. The van der Waals surface area contributed by atoms with Crippen molar-refractivity contribution in [1.82, 2.24) is 0 Å². The fraction of sp³-hybridized carbons (Fsp3) is 0.533.